The summed E-state index contributed by atoms with van der Waals surface area (Å²) in [5, 5.41) is 18.4. The lowest BCUT2D eigenvalue weighted by molar-refractivity contribution is -0.0587. The van der Waals surface area contributed by atoms with Gasteiger partial charge in [-0.25, -0.2) is 9.18 Å². The standard InChI is InChI=1S/C28H46FN3O3/c1-30-20-24(19-22-11-4-3-5-12-22)31-27(33)32-17-10-13-23(21-32)28(34,16-8-9-18-35-2)25-14-6-7-15-26(25)29/h6-7,14-15,22-24,30,34H,3-5,8-13,16-21H2,1-2H3,(H,31,33)/t23-,24+,28+/m1/s1. The fourth-order valence-electron chi connectivity index (χ4n) is 6.09. The Morgan fingerprint density at radius 1 is 1.20 bits per heavy atom. The monoisotopic (exact) mass is 491 g/mol. The van der Waals surface area contributed by atoms with Gasteiger partial charge in [0.1, 0.15) is 5.82 Å². The SMILES string of the molecule is CNC[C@H](CC1CCCCC1)NC(=O)N1CCC[C@@H]([C@@](O)(CCCCOC)c2ccccc2F)C1. The van der Waals surface area contributed by atoms with Crippen molar-refractivity contribution in [3.05, 3.63) is 35.6 Å². The van der Waals surface area contributed by atoms with Gasteiger partial charge in [0.05, 0.1) is 5.60 Å². The van der Waals surface area contributed by atoms with Gasteiger partial charge in [-0.05, 0) is 57.6 Å². The van der Waals surface area contributed by atoms with E-state index in [1.807, 2.05) is 11.9 Å². The van der Waals surface area contributed by atoms with Gasteiger partial charge >= 0.3 is 6.03 Å². The van der Waals surface area contributed by atoms with E-state index in [4.69, 9.17) is 4.74 Å². The Labute approximate surface area is 211 Å². The zero-order valence-corrected chi connectivity index (χ0v) is 21.7. The number of hydrogen-bond donors (Lipinski definition) is 3. The molecule has 2 amide bonds. The van der Waals surface area contributed by atoms with E-state index in [-0.39, 0.29) is 23.8 Å². The molecule has 3 rings (SSSR count). The van der Waals surface area contributed by atoms with E-state index in [0.717, 1.165) is 38.6 Å². The summed E-state index contributed by atoms with van der Waals surface area (Å²) < 4.78 is 20.0. The number of aliphatic hydroxyl groups is 1. The third-order valence-corrected chi connectivity index (χ3v) is 8.00. The van der Waals surface area contributed by atoms with E-state index < -0.39 is 5.60 Å². The minimum Gasteiger partial charge on any atom is -0.385 e. The van der Waals surface area contributed by atoms with Crippen molar-refractivity contribution in [1.82, 2.24) is 15.5 Å². The molecule has 0 unspecified atom stereocenters. The van der Waals surface area contributed by atoms with Crippen LogP contribution in [0.25, 0.3) is 0 Å². The van der Waals surface area contributed by atoms with Crippen LogP contribution in [0.15, 0.2) is 24.3 Å². The summed E-state index contributed by atoms with van der Waals surface area (Å²) in [5.74, 6) is 0.0715. The summed E-state index contributed by atoms with van der Waals surface area (Å²) in [7, 11) is 3.59. The van der Waals surface area contributed by atoms with Crippen molar-refractivity contribution in [2.24, 2.45) is 11.8 Å². The van der Waals surface area contributed by atoms with Gasteiger partial charge in [0.2, 0.25) is 0 Å². The normalized spacial score (nSPS) is 21.9. The number of benzene rings is 1. The number of carbonyl (C=O) groups is 1. The molecule has 2 aliphatic rings. The van der Waals surface area contributed by atoms with Crippen LogP contribution < -0.4 is 10.6 Å². The Balaban J connectivity index is 1.68. The molecule has 0 radical (unpaired) electrons. The third-order valence-electron chi connectivity index (χ3n) is 8.00. The van der Waals surface area contributed by atoms with E-state index in [1.165, 1.54) is 38.2 Å². The molecule has 6 nitrogen and oxygen atoms in total. The van der Waals surface area contributed by atoms with Crippen LogP contribution in [0.5, 0.6) is 0 Å². The average molecular weight is 492 g/mol. The molecule has 7 heteroatoms. The Kier molecular flexibility index (Phi) is 11.3. The summed E-state index contributed by atoms with van der Waals surface area (Å²) in [6.07, 6.45) is 10.9. The Morgan fingerprint density at radius 2 is 1.97 bits per heavy atom. The highest BCUT2D eigenvalue weighted by atomic mass is 19.1. The highest BCUT2D eigenvalue weighted by Gasteiger charge is 2.42. The molecule has 0 aromatic heterocycles. The number of rotatable bonds is 12. The second kappa shape index (κ2) is 14.1. The van der Waals surface area contributed by atoms with Gasteiger partial charge in [-0.1, -0.05) is 50.3 Å². The molecule has 1 heterocycles. The van der Waals surface area contributed by atoms with Crippen LogP contribution in [-0.4, -0.2) is 62.5 Å². The molecule has 0 bridgehead atoms. The van der Waals surface area contributed by atoms with E-state index in [1.54, 1.807) is 25.3 Å². The number of likely N-dealkylation sites (tertiary alicyclic amines) is 1. The first-order valence-electron chi connectivity index (χ1n) is 13.6. The zero-order chi connectivity index (χ0) is 25.1. The van der Waals surface area contributed by atoms with Crippen molar-refractivity contribution in [2.45, 2.75) is 82.3 Å². The topological polar surface area (TPSA) is 73.8 Å². The van der Waals surface area contributed by atoms with Crippen molar-refractivity contribution in [2.75, 3.05) is 40.4 Å². The van der Waals surface area contributed by atoms with E-state index >= 15 is 0 Å². The highest BCUT2D eigenvalue weighted by Crippen LogP contribution is 2.40. The number of likely N-dealkylation sites (N-methyl/N-ethyl adjacent to an activating group) is 1. The maximum Gasteiger partial charge on any atom is 0.317 e. The number of hydrogen-bond acceptors (Lipinski definition) is 4. The maximum atomic E-state index is 14.9. The molecule has 1 aliphatic carbocycles. The van der Waals surface area contributed by atoms with Gasteiger partial charge in [-0.3, -0.25) is 0 Å². The summed E-state index contributed by atoms with van der Waals surface area (Å²) in [6.45, 7) is 2.45. The van der Waals surface area contributed by atoms with Crippen molar-refractivity contribution >= 4 is 6.03 Å². The number of carbonyl (C=O) groups excluding carboxylic acids is 1. The number of nitrogens with zero attached hydrogens (tertiary/aromatic N) is 1. The quantitative estimate of drug-likeness (QED) is 0.367. The number of methoxy groups -OCH3 is 1. The van der Waals surface area contributed by atoms with Crippen LogP contribution in [0.3, 0.4) is 0 Å². The number of piperidine rings is 1. The largest absolute Gasteiger partial charge is 0.385 e. The number of ether oxygens (including phenoxy) is 1. The van der Waals surface area contributed by atoms with Gasteiger partial charge in [0.25, 0.3) is 0 Å². The maximum absolute atomic E-state index is 14.9. The number of halogens is 1. The molecule has 1 aromatic carbocycles. The summed E-state index contributed by atoms with van der Waals surface area (Å²) in [4.78, 5) is 15.1. The number of amides is 2. The van der Waals surface area contributed by atoms with Crippen LogP contribution in [0.2, 0.25) is 0 Å². The summed E-state index contributed by atoms with van der Waals surface area (Å²) in [5.41, 5.74) is -0.972. The molecule has 35 heavy (non-hydrogen) atoms. The number of urea groups is 1. The lowest BCUT2D eigenvalue weighted by atomic mass is 9.74. The smallest absolute Gasteiger partial charge is 0.317 e. The summed E-state index contributed by atoms with van der Waals surface area (Å²) >= 11 is 0. The fourth-order valence-corrected chi connectivity index (χ4v) is 6.09. The third kappa shape index (κ3) is 7.89. The van der Waals surface area contributed by atoms with E-state index in [9.17, 15) is 14.3 Å². The molecular weight excluding hydrogens is 445 g/mol. The minimum absolute atomic E-state index is 0.0685. The van der Waals surface area contributed by atoms with Crippen molar-refractivity contribution in [3.8, 4) is 0 Å². The molecular formula is C28H46FN3O3. The predicted octanol–water partition coefficient (Wildman–Crippen LogP) is 4.81. The molecule has 0 spiro atoms. The van der Waals surface area contributed by atoms with Crippen molar-refractivity contribution < 1.29 is 19.0 Å². The first-order chi connectivity index (χ1) is 17.0. The van der Waals surface area contributed by atoms with Crippen LogP contribution in [0.1, 0.15) is 76.2 Å². The predicted molar refractivity (Wildman–Crippen MR) is 138 cm³/mol. The van der Waals surface area contributed by atoms with Gasteiger partial charge in [-0.15, -0.1) is 0 Å². The number of nitrogens with one attached hydrogen (secondary N) is 2. The Morgan fingerprint density at radius 3 is 2.69 bits per heavy atom. The summed E-state index contributed by atoms with van der Waals surface area (Å²) in [6, 6.07) is 6.56. The molecule has 1 saturated heterocycles. The Hall–Kier alpha value is -1.70. The van der Waals surface area contributed by atoms with Crippen LogP contribution >= 0.6 is 0 Å². The number of unbranched alkanes of at least 4 members (excludes halogenated alkanes) is 1. The zero-order valence-electron chi connectivity index (χ0n) is 21.7. The lowest BCUT2D eigenvalue weighted by Gasteiger charge is -2.43. The first kappa shape index (κ1) is 27.9. The molecule has 2 fully saturated rings. The Bertz CT molecular complexity index is 774. The molecule has 1 aliphatic heterocycles. The van der Waals surface area contributed by atoms with Crippen LogP contribution in [0.4, 0.5) is 9.18 Å². The van der Waals surface area contributed by atoms with Crippen LogP contribution in [-0.2, 0) is 10.3 Å². The van der Waals surface area contributed by atoms with Gasteiger partial charge < -0.3 is 25.4 Å². The van der Waals surface area contributed by atoms with Gasteiger partial charge in [-0.2, -0.15) is 0 Å². The minimum atomic E-state index is -1.31. The molecule has 3 atom stereocenters. The molecule has 1 saturated carbocycles. The van der Waals surface area contributed by atoms with Crippen LogP contribution in [0, 0.1) is 17.7 Å². The van der Waals surface area contributed by atoms with E-state index in [0.29, 0.717) is 37.6 Å². The second-order valence-corrected chi connectivity index (χ2v) is 10.6. The highest BCUT2D eigenvalue weighted by molar-refractivity contribution is 5.74. The average Bonchev–Trinajstić information content (AvgIpc) is 2.87. The van der Waals surface area contributed by atoms with Gasteiger partial charge in [0.15, 0.2) is 0 Å². The molecule has 3 N–H and O–H groups in total. The lowest BCUT2D eigenvalue weighted by Crippen LogP contribution is -2.54. The molecule has 1 aromatic rings. The van der Waals surface area contributed by atoms with E-state index in [2.05, 4.69) is 10.6 Å². The van der Waals surface area contributed by atoms with Crippen molar-refractivity contribution in [1.29, 1.82) is 0 Å². The molecule has 198 valence electrons. The fraction of sp³-hybridized carbons (Fsp3) is 0.750. The first-order valence-corrected chi connectivity index (χ1v) is 13.6. The van der Waals surface area contributed by atoms with Gasteiger partial charge in [0, 0.05) is 50.9 Å². The van der Waals surface area contributed by atoms with Crippen molar-refractivity contribution in [3.63, 3.8) is 0 Å². The second-order valence-electron chi connectivity index (χ2n) is 10.6.